The normalized spacial score (nSPS) is 11.6. The minimum Gasteiger partial charge on any atom is -0.356 e. The summed E-state index contributed by atoms with van der Waals surface area (Å²) < 4.78 is 26.2. The van der Waals surface area contributed by atoms with Gasteiger partial charge in [-0.1, -0.05) is 58.3 Å². The standard InChI is InChI=1S/C18H37NO4S/c1-3-4-5-6-7-8-9-10-12-15-18(20)19-16-13-11-14-17-23-24(2,21)22/h3-17H2,1-2H3,(H,19,20). The Labute approximate surface area is 149 Å². The summed E-state index contributed by atoms with van der Waals surface area (Å²) >= 11 is 0. The Morgan fingerprint density at radius 1 is 0.833 bits per heavy atom. The first-order valence-corrected chi connectivity index (χ1v) is 11.4. The van der Waals surface area contributed by atoms with Gasteiger partial charge in [0.15, 0.2) is 0 Å². The smallest absolute Gasteiger partial charge is 0.264 e. The van der Waals surface area contributed by atoms with Crippen LogP contribution >= 0.6 is 0 Å². The van der Waals surface area contributed by atoms with Crippen molar-refractivity contribution in [2.75, 3.05) is 19.4 Å². The molecule has 0 radical (unpaired) electrons. The molecule has 5 nitrogen and oxygen atoms in total. The van der Waals surface area contributed by atoms with Gasteiger partial charge < -0.3 is 5.32 Å². The van der Waals surface area contributed by atoms with Gasteiger partial charge in [-0.15, -0.1) is 0 Å². The summed E-state index contributed by atoms with van der Waals surface area (Å²) in [5.41, 5.74) is 0. The van der Waals surface area contributed by atoms with Crippen LogP contribution in [0.2, 0.25) is 0 Å². The van der Waals surface area contributed by atoms with Crippen LogP contribution in [0.4, 0.5) is 0 Å². The van der Waals surface area contributed by atoms with Crippen molar-refractivity contribution in [1.82, 2.24) is 5.32 Å². The lowest BCUT2D eigenvalue weighted by Gasteiger charge is -2.06. The van der Waals surface area contributed by atoms with Gasteiger partial charge in [-0.2, -0.15) is 8.42 Å². The number of carbonyl (C=O) groups is 1. The van der Waals surface area contributed by atoms with Crippen molar-refractivity contribution in [3.63, 3.8) is 0 Å². The molecule has 0 saturated heterocycles. The van der Waals surface area contributed by atoms with Crippen LogP contribution in [-0.2, 0) is 19.1 Å². The second-order valence-electron chi connectivity index (χ2n) is 6.52. The van der Waals surface area contributed by atoms with Crippen LogP contribution in [0.25, 0.3) is 0 Å². The zero-order valence-corrected chi connectivity index (χ0v) is 16.5. The van der Waals surface area contributed by atoms with Gasteiger partial charge in [0.1, 0.15) is 0 Å². The molecule has 144 valence electrons. The minimum atomic E-state index is -3.32. The number of hydrogen-bond donors (Lipinski definition) is 1. The zero-order chi connectivity index (χ0) is 18.1. The average molecular weight is 364 g/mol. The van der Waals surface area contributed by atoms with Gasteiger partial charge in [-0.05, 0) is 25.7 Å². The fourth-order valence-electron chi connectivity index (χ4n) is 2.53. The summed E-state index contributed by atoms with van der Waals surface area (Å²) in [6.07, 6.45) is 15.4. The molecule has 0 aliphatic rings. The fourth-order valence-corrected chi connectivity index (χ4v) is 2.95. The first-order valence-electron chi connectivity index (χ1n) is 9.57. The van der Waals surface area contributed by atoms with Crippen LogP contribution in [0.5, 0.6) is 0 Å². The van der Waals surface area contributed by atoms with Crippen molar-refractivity contribution >= 4 is 16.0 Å². The predicted octanol–water partition coefficient (Wildman–Crippen LogP) is 4.17. The number of carbonyl (C=O) groups excluding carboxylic acids is 1. The first-order chi connectivity index (χ1) is 11.5. The quantitative estimate of drug-likeness (QED) is 0.311. The molecule has 0 saturated carbocycles. The van der Waals surface area contributed by atoms with E-state index in [9.17, 15) is 13.2 Å². The lowest BCUT2D eigenvalue weighted by atomic mass is 10.1. The highest BCUT2D eigenvalue weighted by atomic mass is 32.2. The van der Waals surface area contributed by atoms with Crippen molar-refractivity contribution in [3.05, 3.63) is 0 Å². The maximum absolute atomic E-state index is 11.7. The summed E-state index contributed by atoms with van der Waals surface area (Å²) in [7, 11) is -3.32. The molecule has 0 aromatic carbocycles. The Morgan fingerprint density at radius 3 is 1.96 bits per heavy atom. The molecule has 0 aliphatic carbocycles. The molecule has 0 unspecified atom stereocenters. The SMILES string of the molecule is CCCCCCCCCCCC(=O)NCCCCCOS(C)(=O)=O. The summed E-state index contributed by atoms with van der Waals surface area (Å²) in [5.74, 6) is 0.130. The van der Waals surface area contributed by atoms with E-state index >= 15 is 0 Å². The third kappa shape index (κ3) is 19.4. The molecular weight excluding hydrogens is 326 g/mol. The molecule has 0 fully saturated rings. The number of unbranched alkanes of at least 4 members (excludes halogenated alkanes) is 10. The second-order valence-corrected chi connectivity index (χ2v) is 8.16. The maximum Gasteiger partial charge on any atom is 0.264 e. The first kappa shape index (κ1) is 23.4. The number of nitrogens with one attached hydrogen (secondary N) is 1. The highest BCUT2D eigenvalue weighted by Gasteiger charge is 2.02. The molecule has 6 heteroatoms. The third-order valence-corrected chi connectivity index (χ3v) is 4.54. The molecule has 0 aromatic rings. The van der Waals surface area contributed by atoms with E-state index in [1.165, 1.54) is 44.9 Å². The van der Waals surface area contributed by atoms with Crippen LogP contribution < -0.4 is 5.32 Å². The molecule has 0 spiro atoms. The largest absolute Gasteiger partial charge is 0.356 e. The van der Waals surface area contributed by atoms with Crippen LogP contribution in [0.15, 0.2) is 0 Å². The Morgan fingerprint density at radius 2 is 1.38 bits per heavy atom. The molecule has 1 N–H and O–H groups in total. The fraction of sp³-hybridized carbons (Fsp3) is 0.944. The number of rotatable bonds is 17. The molecule has 0 heterocycles. The molecular formula is C18H37NO4S. The van der Waals surface area contributed by atoms with E-state index in [1.807, 2.05) is 0 Å². The predicted molar refractivity (Wildman–Crippen MR) is 99.5 cm³/mol. The zero-order valence-electron chi connectivity index (χ0n) is 15.6. The monoisotopic (exact) mass is 363 g/mol. The molecule has 0 bridgehead atoms. The molecule has 0 atom stereocenters. The number of amides is 1. The number of hydrogen-bond acceptors (Lipinski definition) is 4. The van der Waals surface area contributed by atoms with Gasteiger partial charge >= 0.3 is 0 Å². The van der Waals surface area contributed by atoms with E-state index < -0.39 is 10.1 Å². The summed E-state index contributed by atoms with van der Waals surface area (Å²) in [4.78, 5) is 11.7. The van der Waals surface area contributed by atoms with Gasteiger partial charge in [0, 0.05) is 13.0 Å². The van der Waals surface area contributed by atoms with Gasteiger partial charge in [0.2, 0.25) is 5.91 Å². The van der Waals surface area contributed by atoms with Gasteiger partial charge in [0.25, 0.3) is 10.1 Å². The van der Waals surface area contributed by atoms with E-state index in [4.69, 9.17) is 0 Å². The molecule has 0 aliphatic heterocycles. The van der Waals surface area contributed by atoms with Crippen molar-refractivity contribution in [3.8, 4) is 0 Å². The molecule has 24 heavy (non-hydrogen) atoms. The second kappa shape index (κ2) is 15.9. The van der Waals surface area contributed by atoms with E-state index in [0.717, 1.165) is 31.9 Å². The Hall–Kier alpha value is -0.620. The summed E-state index contributed by atoms with van der Waals surface area (Å²) in [5, 5.41) is 2.92. The summed E-state index contributed by atoms with van der Waals surface area (Å²) in [6, 6.07) is 0. The van der Waals surface area contributed by atoms with E-state index in [2.05, 4.69) is 16.4 Å². The van der Waals surface area contributed by atoms with E-state index in [1.54, 1.807) is 0 Å². The van der Waals surface area contributed by atoms with E-state index in [0.29, 0.717) is 19.4 Å². The van der Waals surface area contributed by atoms with Crippen molar-refractivity contribution in [2.24, 2.45) is 0 Å². The Balaban J connectivity index is 3.24. The van der Waals surface area contributed by atoms with E-state index in [-0.39, 0.29) is 12.5 Å². The Bertz CT molecular complexity index is 396. The molecule has 1 amide bonds. The molecule has 0 aromatic heterocycles. The van der Waals surface area contributed by atoms with Crippen molar-refractivity contribution in [2.45, 2.75) is 90.4 Å². The molecule has 0 rings (SSSR count). The lowest BCUT2D eigenvalue weighted by Crippen LogP contribution is -2.24. The summed E-state index contributed by atoms with van der Waals surface area (Å²) in [6.45, 7) is 3.12. The van der Waals surface area contributed by atoms with Crippen LogP contribution in [0.1, 0.15) is 90.4 Å². The van der Waals surface area contributed by atoms with Gasteiger partial charge in [-0.25, -0.2) is 0 Å². The van der Waals surface area contributed by atoms with Crippen molar-refractivity contribution < 1.29 is 17.4 Å². The minimum absolute atomic E-state index is 0.130. The van der Waals surface area contributed by atoms with Crippen molar-refractivity contribution in [1.29, 1.82) is 0 Å². The Kier molecular flexibility index (Phi) is 15.5. The third-order valence-electron chi connectivity index (χ3n) is 3.95. The average Bonchev–Trinajstić information content (AvgIpc) is 2.51. The maximum atomic E-state index is 11.7. The highest BCUT2D eigenvalue weighted by Crippen LogP contribution is 2.10. The van der Waals surface area contributed by atoms with Gasteiger partial charge in [-0.3, -0.25) is 8.98 Å². The topological polar surface area (TPSA) is 72.5 Å². The van der Waals surface area contributed by atoms with Crippen LogP contribution in [0, 0.1) is 0 Å². The van der Waals surface area contributed by atoms with Crippen LogP contribution in [-0.4, -0.2) is 33.7 Å². The lowest BCUT2D eigenvalue weighted by molar-refractivity contribution is -0.121. The van der Waals surface area contributed by atoms with Crippen LogP contribution in [0.3, 0.4) is 0 Å². The highest BCUT2D eigenvalue weighted by molar-refractivity contribution is 7.85. The van der Waals surface area contributed by atoms with Gasteiger partial charge in [0.05, 0.1) is 12.9 Å².